The molecule has 19 heavy (non-hydrogen) atoms. The van der Waals surface area contributed by atoms with Crippen LogP contribution in [-0.4, -0.2) is 4.98 Å². The number of rotatable bonds is 4. The van der Waals surface area contributed by atoms with Crippen LogP contribution >= 0.6 is 11.6 Å². The first-order valence-electron chi connectivity index (χ1n) is 6.19. The first-order valence-corrected chi connectivity index (χ1v) is 6.56. The van der Waals surface area contributed by atoms with E-state index in [-0.39, 0.29) is 22.9 Å². The van der Waals surface area contributed by atoms with Gasteiger partial charge >= 0.3 is 0 Å². The summed E-state index contributed by atoms with van der Waals surface area (Å²) < 4.78 is 13.1. The van der Waals surface area contributed by atoms with E-state index in [1.165, 1.54) is 6.07 Å². The highest BCUT2D eigenvalue weighted by Gasteiger charge is 2.12. The highest BCUT2D eigenvalue weighted by molar-refractivity contribution is 6.30. The van der Waals surface area contributed by atoms with E-state index in [0.29, 0.717) is 0 Å². The lowest BCUT2D eigenvalue weighted by Gasteiger charge is -2.21. The zero-order chi connectivity index (χ0) is 13.8. The standard InChI is InChI=1S/C15H16ClFN2/c1-10(12-5-7-18-8-6-12)19-11(2)13-3-4-15(17)14(16)9-13/h3-11,19H,1-2H3. The molecule has 1 heterocycles. The molecule has 0 amide bonds. The molecule has 2 unspecified atom stereocenters. The van der Waals surface area contributed by atoms with Crippen LogP contribution in [0, 0.1) is 5.82 Å². The summed E-state index contributed by atoms with van der Waals surface area (Å²) in [4.78, 5) is 4.00. The Hall–Kier alpha value is -1.45. The molecule has 4 heteroatoms. The van der Waals surface area contributed by atoms with Gasteiger partial charge in [-0.3, -0.25) is 4.98 Å². The van der Waals surface area contributed by atoms with Crippen molar-refractivity contribution in [2.75, 3.05) is 0 Å². The van der Waals surface area contributed by atoms with Gasteiger partial charge in [0.25, 0.3) is 0 Å². The van der Waals surface area contributed by atoms with E-state index in [0.717, 1.165) is 11.1 Å². The predicted molar refractivity (Wildman–Crippen MR) is 75.6 cm³/mol. The zero-order valence-electron chi connectivity index (χ0n) is 10.9. The molecule has 0 bridgehead atoms. The van der Waals surface area contributed by atoms with Crippen molar-refractivity contribution in [1.82, 2.24) is 10.3 Å². The topological polar surface area (TPSA) is 24.9 Å². The molecule has 0 spiro atoms. The second-order valence-corrected chi connectivity index (χ2v) is 4.97. The third-order valence-electron chi connectivity index (χ3n) is 3.15. The van der Waals surface area contributed by atoms with Crippen LogP contribution in [-0.2, 0) is 0 Å². The van der Waals surface area contributed by atoms with Gasteiger partial charge in [0.2, 0.25) is 0 Å². The maximum Gasteiger partial charge on any atom is 0.141 e. The number of aromatic nitrogens is 1. The first-order chi connectivity index (χ1) is 9.08. The molecule has 0 aliphatic rings. The summed E-state index contributed by atoms with van der Waals surface area (Å²) in [5, 5.41) is 3.61. The van der Waals surface area contributed by atoms with Crippen LogP contribution in [0.15, 0.2) is 42.7 Å². The minimum Gasteiger partial charge on any atom is -0.304 e. The maximum absolute atomic E-state index is 13.1. The summed E-state index contributed by atoms with van der Waals surface area (Å²) >= 11 is 5.80. The fraction of sp³-hybridized carbons (Fsp3) is 0.267. The first kappa shape index (κ1) is 14.0. The third kappa shape index (κ3) is 3.52. The summed E-state index contributed by atoms with van der Waals surface area (Å²) in [7, 11) is 0. The summed E-state index contributed by atoms with van der Waals surface area (Å²) in [6.45, 7) is 4.11. The Balaban J connectivity index is 2.08. The Bertz CT molecular complexity index is 545. The van der Waals surface area contributed by atoms with Gasteiger partial charge in [-0.25, -0.2) is 4.39 Å². The molecule has 1 aromatic carbocycles. The number of nitrogens with one attached hydrogen (secondary N) is 1. The fourth-order valence-corrected chi connectivity index (χ4v) is 2.19. The molecule has 0 aliphatic carbocycles. The van der Waals surface area contributed by atoms with Gasteiger partial charge in [-0.05, 0) is 49.2 Å². The summed E-state index contributed by atoms with van der Waals surface area (Å²) in [5.41, 5.74) is 2.13. The van der Waals surface area contributed by atoms with Crippen LogP contribution in [0.4, 0.5) is 4.39 Å². The Morgan fingerprint density at radius 1 is 1.05 bits per heavy atom. The monoisotopic (exact) mass is 278 g/mol. The molecule has 0 radical (unpaired) electrons. The average molecular weight is 279 g/mol. The largest absolute Gasteiger partial charge is 0.304 e. The van der Waals surface area contributed by atoms with Gasteiger partial charge in [0.05, 0.1) is 5.02 Å². The lowest BCUT2D eigenvalue weighted by atomic mass is 10.1. The van der Waals surface area contributed by atoms with Crippen LogP contribution in [0.25, 0.3) is 0 Å². The van der Waals surface area contributed by atoms with E-state index in [9.17, 15) is 4.39 Å². The number of hydrogen-bond acceptors (Lipinski definition) is 2. The lowest BCUT2D eigenvalue weighted by Crippen LogP contribution is -2.22. The minimum absolute atomic E-state index is 0.0845. The van der Waals surface area contributed by atoms with Crippen LogP contribution in [0.1, 0.15) is 37.1 Å². The highest BCUT2D eigenvalue weighted by atomic mass is 35.5. The van der Waals surface area contributed by atoms with Gasteiger partial charge in [-0.2, -0.15) is 0 Å². The van der Waals surface area contributed by atoms with E-state index < -0.39 is 0 Å². The number of hydrogen-bond donors (Lipinski definition) is 1. The van der Waals surface area contributed by atoms with Crippen molar-refractivity contribution in [1.29, 1.82) is 0 Å². The molecule has 0 saturated carbocycles. The van der Waals surface area contributed by atoms with Crippen molar-refractivity contribution in [3.63, 3.8) is 0 Å². The second-order valence-electron chi connectivity index (χ2n) is 4.56. The molecular weight excluding hydrogens is 263 g/mol. The zero-order valence-corrected chi connectivity index (χ0v) is 11.7. The Morgan fingerprint density at radius 2 is 1.68 bits per heavy atom. The molecule has 1 N–H and O–H groups in total. The second kappa shape index (κ2) is 6.13. The van der Waals surface area contributed by atoms with Crippen molar-refractivity contribution in [2.45, 2.75) is 25.9 Å². The SMILES string of the molecule is CC(NC(C)c1ccc(F)c(Cl)c1)c1ccncc1. The predicted octanol–water partition coefficient (Wildman–Crippen LogP) is 4.29. The molecule has 2 nitrogen and oxygen atoms in total. The molecule has 2 rings (SSSR count). The highest BCUT2D eigenvalue weighted by Crippen LogP contribution is 2.23. The number of benzene rings is 1. The molecule has 0 fully saturated rings. The van der Waals surface area contributed by atoms with Crippen molar-refractivity contribution in [3.8, 4) is 0 Å². The normalized spacial score (nSPS) is 14.1. The Morgan fingerprint density at radius 3 is 2.32 bits per heavy atom. The van der Waals surface area contributed by atoms with Crippen molar-refractivity contribution in [3.05, 3.63) is 64.7 Å². The summed E-state index contributed by atoms with van der Waals surface area (Å²) in [5.74, 6) is -0.389. The molecule has 0 aliphatic heterocycles. The van der Waals surface area contributed by atoms with Gasteiger partial charge < -0.3 is 5.32 Å². The molecule has 1 aromatic heterocycles. The number of nitrogens with zero attached hydrogens (tertiary/aromatic N) is 1. The Labute approximate surface area is 117 Å². The quantitative estimate of drug-likeness (QED) is 0.903. The maximum atomic E-state index is 13.1. The summed E-state index contributed by atoms with van der Waals surface area (Å²) in [6.07, 6.45) is 3.54. The smallest absolute Gasteiger partial charge is 0.141 e. The molecule has 2 aromatic rings. The van der Waals surface area contributed by atoms with Gasteiger partial charge in [0, 0.05) is 24.5 Å². The molecular formula is C15H16ClFN2. The van der Waals surface area contributed by atoms with Crippen molar-refractivity contribution in [2.24, 2.45) is 0 Å². The molecule has 0 saturated heterocycles. The van der Waals surface area contributed by atoms with Crippen molar-refractivity contribution < 1.29 is 4.39 Å². The lowest BCUT2D eigenvalue weighted by molar-refractivity contribution is 0.493. The number of halogens is 2. The molecule has 2 atom stereocenters. The van der Waals surface area contributed by atoms with Gasteiger partial charge in [-0.15, -0.1) is 0 Å². The Kier molecular flexibility index (Phi) is 4.51. The third-order valence-corrected chi connectivity index (χ3v) is 3.44. The molecule has 100 valence electrons. The van der Waals surface area contributed by atoms with E-state index in [1.54, 1.807) is 24.5 Å². The average Bonchev–Trinajstić information content (AvgIpc) is 2.42. The fourth-order valence-electron chi connectivity index (χ4n) is 2.00. The van der Waals surface area contributed by atoms with Gasteiger partial charge in [-0.1, -0.05) is 17.7 Å². The van der Waals surface area contributed by atoms with Crippen LogP contribution in [0.5, 0.6) is 0 Å². The van der Waals surface area contributed by atoms with E-state index in [1.807, 2.05) is 19.1 Å². The van der Waals surface area contributed by atoms with Gasteiger partial charge in [0.15, 0.2) is 0 Å². The van der Waals surface area contributed by atoms with Crippen LogP contribution in [0.3, 0.4) is 0 Å². The van der Waals surface area contributed by atoms with Gasteiger partial charge in [0.1, 0.15) is 5.82 Å². The minimum atomic E-state index is -0.389. The van der Waals surface area contributed by atoms with Crippen molar-refractivity contribution >= 4 is 11.6 Å². The van der Waals surface area contributed by atoms with E-state index in [2.05, 4.69) is 17.2 Å². The van der Waals surface area contributed by atoms with E-state index >= 15 is 0 Å². The summed E-state index contributed by atoms with van der Waals surface area (Å²) in [6, 6.07) is 9.02. The van der Waals surface area contributed by atoms with E-state index in [4.69, 9.17) is 11.6 Å². The van der Waals surface area contributed by atoms with Crippen LogP contribution in [0.2, 0.25) is 5.02 Å². The van der Waals surface area contributed by atoms with Crippen LogP contribution < -0.4 is 5.32 Å². The number of pyridine rings is 1.